The highest BCUT2D eigenvalue weighted by atomic mass is 16.1. The lowest BCUT2D eigenvalue weighted by Gasteiger charge is -2.13. The van der Waals surface area contributed by atoms with Crippen molar-refractivity contribution in [3.8, 4) is 11.8 Å². The first-order valence-electron chi connectivity index (χ1n) is 8.91. The molecular formula is C22H21N3O. The zero-order valence-corrected chi connectivity index (χ0v) is 15.1. The Balaban J connectivity index is 1.77. The van der Waals surface area contributed by atoms with Crippen LogP contribution in [0.2, 0.25) is 0 Å². The van der Waals surface area contributed by atoms with Gasteiger partial charge in [0.05, 0.1) is 11.3 Å². The highest BCUT2D eigenvalue weighted by Gasteiger charge is 2.17. The normalized spacial score (nSPS) is 14.4. The molecule has 3 heterocycles. The van der Waals surface area contributed by atoms with E-state index in [0.29, 0.717) is 12.2 Å². The fourth-order valence-corrected chi connectivity index (χ4v) is 3.40. The number of hydrogen-bond acceptors (Lipinski definition) is 3. The van der Waals surface area contributed by atoms with E-state index in [-0.39, 0.29) is 5.56 Å². The van der Waals surface area contributed by atoms with E-state index in [4.69, 9.17) is 4.98 Å². The Kier molecular flexibility index (Phi) is 4.32. The van der Waals surface area contributed by atoms with Gasteiger partial charge in [0, 0.05) is 23.9 Å². The van der Waals surface area contributed by atoms with Crippen molar-refractivity contribution in [2.45, 2.75) is 26.3 Å². The number of fused-ring (bicyclic) bond motifs is 2. The largest absolute Gasteiger partial charge is 0.302 e. The van der Waals surface area contributed by atoms with Gasteiger partial charge in [-0.05, 0) is 63.2 Å². The molecule has 0 unspecified atom stereocenters. The molecule has 26 heavy (non-hydrogen) atoms. The Morgan fingerprint density at radius 1 is 1.12 bits per heavy atom. The SMILES string of the molecule is Cc1cccc(C#Cc2ccn3c(=O)c4c(nc3c2)CCCN(C)C4)c1. The average Bonchev–Trinajstić information content (AvgIpc) is 2.81. The second-order valence-electron chi connectivity index (χ2n) is 6.95. The number of aromatic nitrogens is 2. The Labute approximate surface area is 153 Å². The van der Waals surface area contributed by atoms with E-state index in [0.717, 1.165) is 41.8 Å². The highest BCUT2D eigenvalue weighted by molar-refractivity contribution is 5.51. The van der Waals surface area contributed by atoms with Gasteiger partial charge in [-0.15, -0.1) is 0 Å². The average molecular weight is 343 g/mol. The molecule has 0 saturated carbocycles. The van der Waals surface area contributed by atoms with Crippen molar-refractivity contribution in [3.63, 3.8) is 0 Å². The first kappa shape index (κ1) is 16.6. The smallest absolute Gasteiger partial charge is 0.262 e. The summed E-state index contributed by atoms with van der Waals surface area (Å²) in [6, 6.07) is 11.9. The van der Waals surface area contributed by atoms with Crippen molar-refractivity contribution in [1.29, 1.82) is 0 Å². The van der Waals surface area contributed by atoms with Gasteiger partial charge in [0.1, 0.15) is 5.65 Å². The maximum Gasteiger partial charge on any atom is 0.262 e. The minimum atomic E-state index is 0.0388. The fourth-order valence-electron chi connectivity index (χ4n) is 3.40. The van der Waals surface area contributed by atoms with Crippen molar-refractivity contribution in [2.24, 2.45) is 0 Å². The number of pyridine rings is 1. The summed E-state index contributed by atoms with van der Waals surface area (Å²) in [6.07, 6.45) is 3.67. The second kappa shape index (κ2) is 6.78. The molecule has 0 N–H and O–H groups in total. The van der Waals surface area contributed by atoms with Gasteiger partial charge < -0.3 is 4.90 Å². The third-order valence-electron chi connectivity index (χ3n) is 4.76. The number of nitrogens with zero attached hydrogens (tertiary/aromatic N) is 3. The molecule has 130 valence electrons. The molecule has 0 bridgehead atoms. The number of rotatable bonds is 0. The molecule has 0 aliphatic carbocycles. The van der Waals surface area contributed by atoms with Crippen LogP contribution in [0.5, 0.6) is 0 Å². The van der Waals surface area contributed by atoms with Crippen LogP contribution in [0.25, 0.3) is 5.65 Å². The van der Waals surface area contributed by atoms with Gasteiger partial charge in [0.25, 0.3) is 5.56 Å². The van der Waals surface area contributed by atoms with E-state index in [1.54, 1.807) is 10.6 Å². The minimum Gasteiger partial charge on any atom is -0.302 e. The minimum absolute atomic E-state index is 0.0388. The van der Waals surface area contributed by atoms with Crippen LogP contribution in [-0.4, -0.2) is 27.9 Å². The van der Waals surface area contributed by atoms with Crippen LogP contribution in [0, 0.1) is 18.8 Å². The molecule has 0 fully saturated rings. The zero-order chi connectivity index (χ0) is 18.1. The molecule has 3 aromatic rings. The van der Waals surface area contributed by atoms with Crippen LogP contribution in [0.1, 0.15) is 34.4 Å². The van der Waals surface area contributed by atoms with Crippen LogP contribution >= 0.6 is 0 Å². The molecule has 0 amide bonds. The summed E-state index contributed by atoms with van der Waals surface area (Å²) in [5.74, 6) is 6.37. The van der Waals surface area contributed by atoms with Crippen LogP contribution in [0.4, 0.5) is 0 Å². The first-order valence-corrected chi connectivity index (χ1v) is 8.91. The molecule has 2 aromatic heterocycles. The van der Waals surface area contributed by atoms with Gasteiger partial charge in [0.2, 0.25) is 0 Å². The lowest BCUT2D eigenvalue weighted by atomic mass is 10.1. The Morgan fingerprint density at radius 3 is 2.73 bits per heavy atom. The quantitative estimate of drug-likeness (QED) is 0.589. The molecule has 4 heteroatoms. The summed E-state index contributed by atoms with van der Waals surface area (Å²) >= 11 is 0. The van der Waals surface area contributed by atoms with Gasteiger partial charge in [-0.1, -0.05) is 24.0 Å². The predicted molar refractivity (Wildman–Crippen MR) is 103 cm³/mol. The summed E-state index contributed by atoms with van der Waals surface area (Å²) in [7, 11) is 2.05. The number of benzene rings is 1. The summed E-state index contributed by atoms with van der Waals surface area (Å²) in [6.45, 7) is 3.71. The first-order chi connectivity index (χ1) is 12.6. The van der Waals surface area contributed by atoms with Crippen LogP contribution < -0.4 is 5.56 Å². The van der Waals surface area contributed by atoms with Crippen LogP contribution in [0.3, 0.4) is 0 Å². The Morgan fingerprint density at radius 2 is 1.92 bits per heavy atom. The van der Waals surface area contributed by atoms with E-state index in [2.05, 4.69) is 35.8 Å². The predicted octanol–water partition coefficient (Wildman–Crippen LogP) is 2.78. The summed E-state index contributed by atoms with van der Waals surface area (Å²) in [4.78, 5) is 19.8. The topological polar surface area (TPSA) is 37.6 Å². The van der Waals surface area contributed by atoms with Crippen LogP contribution in [0.15, 0.2) is 47.4 Å². The summed E-state index contributed by atoms with van der Waals surface area (Å²) < 4.78 is 1.63. The second-order valence-corrected chi connectivity index (χ2v) is 6.95. The zero-order valence-electron chi connectivity index (χ0n) is 15.1. The van der Waals surface area contributed by atoms with E-state index in [1.807, 2.05) is 31.3 Å². The van der Waals surface area contributed by atoms with Crippen molar-refractivity contribution >= 4 is 5.65 Å². The molecule has 4 nitrogen and oxygen atoms in total. The number of aryl methyl sites for hydroxylation is 2. The van der Waals surface area contributed by atoms with Crippen molar-refractivity contribution < 1.29 is 0 Å². The summed E-state index contributed by atoms with van der Waals surface area (Å²) in [5, 5.41) is 0. The summed E-state index contributed by atoms with van der Waals surface area (Å²) in [5.41, 5.74) is 5.51. The molecule has 1 aliphatic heterocycles. The molecule has 1 aromatic carbocycles. The third-order valence-corrected chi connectivity index (χ3v) is 4.76. The molecule has 0 spiro atoms. The van der Waals surface area contributed by atoms with Crippen molar-refractivity contribution in [3.05, 3.63) is 80.9 Å². The maximum absolute atomic E-state index is 12.9. The molecule has 0 atom stereocenters. The monoisotopic (exact) mass is 343 g/mol. The molecule has 1 aliphatic rings. The Bertz CT molecular complexity index is 1100. The van der Waals surface area contributed by atoms with Crippen molar-refractivity contribution in [1.82, 2.24) is 14.3 Å². The van der Waals surface area contributed by atoms with E-state index >= 15 is 0 Å². The molecule has 0 saturated heterocycles. The van der Waals surface area contributed by atoms with E-state index in [9.17, 15) is 4.79 Å². The standard InChI is InChI=1S/C22H21N3O/c1-16-5-3-6-17(13-16)8-9-18-10-12-25-21(14-18)23-20-7-4-11-24(2)15-19(20)22(25)26/h3,5-6,10,12-14H,4,7,11,15H2,1-2H3. The maximum atomic E-state index is 12.9. The van der Waals surface area contributed by atoms with Gasteiger partial charge in [-0.2, -0.15) is 0 Å². The van der Waals surface area contributed by atoms with Gasteiger partial charge >= 0.3 is 0 Å². The number of hydrogen-bond donors (Lipinski definition) is 0. The van der Waals surface area contributed by atoms with Crippen LogP contribution in [-0.2, 0) is 13.0 Å². The lowest BCUT2D eigenvalue weighted by molar-refractivity contribution is 0.331. The van der Waals surface area contributed by atoms with Gasteiger partial charge in [-0.3, -0.25) is 9.20 Å². The van der Waals surface area contributed by atoms with E-state index in [1.165, 1.54) is 5.56 Å². The third kappa shape index (κ3) is 3.26. The molecule has 4 rings (SSSR count). The highest BCUT2D eigenvalue weighted by Crippen LogP contribution is 2.14. The van der Waals surface area contributed by atoms with E-state index < -0.39 is 0 Å². The Hall–Kier alpha value is -2.90. The van der Waals surface area contributed by atoms with Crippen molar-refractivity contribution in [2.75, 3.05) is 13.6 Å². The lowest BCUT2D eigenvalue weighted by Crippen LogP contribution is -2.26. The molecule has 0 radical (unpaired) electrons. The van der Waals surface area contributed by atoms with Gasteiger partial charge in [-0.25, -0.2) is 4.98 Å². The molecular weight excluding hydrogens is 322 g/mol. The fraction of sp³-hybridized carbons (Fsp3) is 0.273. The van der Waals surface area contributed by atoms with Gasteiger partial charge in [0.15, 0.2) is 0 Å².